The molecule has 1 fully saturated rings. The number of aromatic nitrogens is 4. The fourth-order valence-electron chi connectivity index (χ4n) is 3.90. The Bertz CT molecular complexity index is 1260. The molecule has 9 heteroatoms. The lowest BCUT2D eigenvalue weighted by Crippen LogP contribution is -2.43. The van der Waals surface area contributed by atoms with Crippen LogP contribution in [0.5, 0.6) is 6.01 Å². The number of nitrogens with zero attached hydrogens (tertiary/aromatic N) is 7. The Labute approximate surface area is 202 Å². The minimum absolute atomic E-state index is 0.249. The highest BCUT2D eigenvalue weighted by Crippen LogP contribution is 2.30. The molecule has 0 radical (unpaired) electrons. The number of nitriles is 1. The zero-order valence-corrected chi connectivity index (χ0v) is 19.8. The molecule has 1 aromatic carbocycles. The number of benzene rings is 1. The van der Waals surface area contributed by atoms with Crippen LogP contribution >= 0.6 is 11.3 Å². The first-order chi connectivity index (χ1) is 16.7. The van der Waals surface area contributed by atoms with Crippen molar-refractivity contribution in [3.05, 3.63) is 76.7 Å². The first-order valence-corrected chi connectivity index (χ1v) is 12.0. The van der Waals surface area contributed by atoms with E-state index in [4.69, 9.17) is 4.74 Å². The van der Waals surface area contributed by atoms with Crippen LogP contribution in [0.25, 0.3) is 10.3 Å². The average Bonchev–Trinajstić information content (AvgIpc) is 3.29. The van der Waals surface area contributed by atoms with E-state index in [1.54, 1.807) is 18.5 Å². The topological polar surface area (TPSA) is 91.1 Å². The van der Waals surface area contributed by atoms with Gasteiger partial charge in [0.05, 0.1) is 11.8 Å². The van der Waals surface area contributed by atoms with E-state index in [2.05, 4.69) is 67.1 Å². The number of fused-ring (bicyclic) bond motifs is 1. The van der Waals surface area contributed by atoms with Gasteiger partial charge in [0.15, 0.2) is 0 Å². The maximum Gasteiger partial charge on any atom is 0.316 e. The van der Waals surface area contributed by atoms with Gasteiger partial charge in [0.25, 0.3) is 0 Å². The summed E-state index contributed by atoms with van der Waals surface area (Å²) in [7, 11) is 2.17. The minimum Gasteiger partial charge on any atom is -0.459 e. The summed E-state index contributed by atoms with van der Waals surface area (Å²) in [6.45, 7) is 5.77. The van der Waals surface area contributed by atoms with Crippen LogP contribution in [0.3, 0.4) is 0 Å². The molecule has 4 heterocycles. The maximum absolute atomic E-state index is 9.80. The Morgan fingerprint density at radius 2 is 1.79 bits per heavy atom. The first kappa shape index (κ1) is 22.3. The molecule has 172 valence electrons. The average molecular weight is 472 g/mol. The zero-order chi connectivity index (χ0) is 23.3. The molecule has 3 aromatic heterocycles. The Morgan fingerprint density at radius 3 is 2.56 bits per heavy atom. The number of piperazine rings is 1. The SMILES string of the molecule is CN1CCN(Cc2ccc(COc3nccc(C(C#N)c4nc5cccnc5s4)n3)cc2)CC1. The third kappa shape index (κ3) is 5.20. The van der Waals surface area contributed by atoms with Crippen LogP contribution in [0.2, 0.25) is 0 Å². The molecule has 8 nitrogen and oxygen atoms in total. The van der Waals surface area contributed by atoms with Crippen LogP contribution in [0.1, 0.15) is 27.7 Å². The maximum atomic E-state index is 9.80. The molecule has 5 rings (SSSR count). The standard InChI is InChI=1S/C25H25N7OS/c1-31-11-13-32(14-12-31)16-18-4-6-19(7-5-18)17-33-25-28-10-8-21(30-25)20(15-26)23-29-22-3-2-9-27-24(22)34-23/h2-10,20H,11-14,16-17H2,1H3. The van der Waals surface area contributed by atoms with E-state index in [1.807, 2.05) is 12.1 Å². The number of pyridine rings is 1. The largest absolute Gasteiger partial charge is 0.459 e. The van der Waals surface area contributed by atoms with Crippen molar-refractivity contribution in [2.45, 2.75) is 19.1 Å². The second-order valence-corrected chi connectivity index (χ2v) is 9.40. The second-order valence-electron chi connectivity index (χ2n) is 8.39. The van der Waals surface area contributed by atoms with Crippen LogP contribution in [-0.2, 0) is 13.2 Å². The lowest BCUT2D eigenvalue weighted by molar-refractivity contribution is 0.148. The molecule has 1 saturated heterocycles. The van der Waals surface area contributed by atoms with E-state index in [0.29, 0.717) is 17.3 Å². The molecule has 0 aliphatic carbocycles. The molecule has 1 unspecified atom stereocenters. The molecular formula is C25H25N7OS. The quantitative estimate of drug-likeness (QED) is 0.405. The number of ether oxygens (including phenoxy) is 1. The second kappa shape index (κ2) is 10.2. The zero-order valence-electron chi connectivity index (χ0n) is 19.0. The van der Waals surface area contributed by atoms with Gasteiger partial charge in [-0.1, -0.05) is 35.6 Å². The van der Waals surface area contributed by atoms with Gasteiger partial charge < -0.3 is 9.64 Å². The van der Waals surface area contributed by atoms with Crippen molar-refractivity contribution >= 4 is 21.7 Å². The summed E-state index contributed by atoms with van der Waals surface area (Å²) in [6.07, 6.45) is 3.34. The Morgan fingerprint density at radius 1 is 1.00 bits per heavy atom. The molecule has 1 aliphatic rings. The van der Waals surface area contributed by atoms with Crippen molar-refractivity contribution in [2.24, 2.45) is 0 Å². The van der Waals surface area contributed by atoms with Gasteiger partial charge in [-0.3, -0.25) is 4.90 Å². The molecule has 0 N–H and O–H groups in total. The van der Waals surface area contributed by atoms with Crippen molar-refractivity contribution in [1.82, 2.24) is 29.7 Å². The molecule has 0 bridgehead atoms. The van der Waals surface area contributed by atoms with Gasteiger partial charge in [-0.15, -0.1) is 0 Å². The molecule has 1 atom stereocenters. The summed E-state index contributed by atoms with van der Waals surface area (Å²) >= 11 is 1.40. The molecular weight excluding hydrogens is 446 g/mol. The Kier molecular flexibility index (Phi) is 6.72. The molecule has 1 aliphatic heterocycles. The van der Waals surface area contributed by atoms with Gasteiger partial charge in [-0.05, 0) is 36.4 Å². The van der Waals surface area contributed by atoms with Crippen molar-refractivity contribution in [2.75, 3.05) is 33.2 Å². The summed E-state index contributed by atoms with van der Waals surface area (Å²) in [5, 5.41) is 10.5. The highest BCUT2D eigenvalue weighted by atomic mass is 32.1. The normalized spacial score (nSPS) is 15.8. The highest BCUT2D eigenvalue weighted by Gasteiger charge is 2.21. The number of thiazole rings is 1. The van der Waals surface area contributed by atoms with E-state index in [9.17, 15) is 5.26 Å². The smallest absolute Gasteiger partial charge is 0.316 e. The Hall–Kier alpha value is -3.45. The van der Waals surface area contributed by atoms with Crippen LogP contribution in [0.4, 0.5) is 0 Å². The Balaban J connectivity index is 1.22. The van der Waals surface area contributed by atoms with Crippen LogP contribution in [-0.4, -0.2) is 63.0 Å². The van der Waals surface area contributed by atoms with Crippen molar-refractivity contribution < 1.29 is 4.74 Å². The third-order valence-corrected chi connectivity index (χ3v) is 6.95. The van der Waals surface area contributed by atoms with Crippen LogP contribution < -0.4 is 4.74 Å². The number of hydrogen-bond acceptors (Lipinski definition) is 9. The molecule has 0 amide bonds. The van der Waals surface area contributed by atoms with Gasteiger partial charge in [-0.2, -0.15) is 10.2 Å². The van der Waals surface area contributed by atoms with E-state index in [1.165, 1.54) is 16.9 Å². The minimum atomic E-state index is -0.599. The summed E-state index contributed by atoms with van der Waals surface area (Å²) in [5.74, 6) is -0.599. The summed E-state index contributed by atoms with van der Waals surface area (Å²) in [5.41, 5.74) is 3.69. The van der Waals surface area contributed by atoms with Crippen molar-refractivity contribution in [1.29, 1.82) is 5.26 Å². The first-order valence-electron chi connectivity index (χ1n) is 11.2. The van der Waals surface area contributed by atoms with E-state index >= 15 is 0 Å². The molecule has 34 heavy (non-hydrogen) atoms. The number of hydrogen-bond donors (Lipinski definition) is 0. The van der Waals surface area contributed by atoms with E-state index < -0.39 is 5.92 Å². The predicted octanol–water partition coefficient (Wildman–Crippen LogP) is 3.46. The van der Waals surface area contributed by atoms with Gasteiger partial charge in [0.2, 0.25) is 0 Å². The molecule has 0 spiro atoms. The fourth-order valence-corrected chi connectivity index (χ4v) is 4.86. The third-order valence-electron chi connectivity index (χ3n) is 5.90. The van der Waals surface area contributed by atoms with Gasteiger partial charge in [0.1, 0.15) is 27.9 Å². The van der Waals surface area contributed by atoms with Gasteiger partial charge in [0, 0.05) is 45.1 Å². The van der Waals surface area contributed by atoms with Crippen LogP contribution in [0, 0.1) is 11.3 Å². The van der Waals surface area contributed by atoms with E-state index in [0.717, 1.165) is 48.6 Å². The summed E-state index contributed by atoms with van der Waals surface area (Å²) in [6, 6.07) is 16.5. The van der Waals surface area contributed by atoms with Gasteiger partial charge in [-0.25, -0.2) is 15.0 Å². The van der Waals surface area contributed by atoms with Crippen molar-refractivity contribution in [3.8, 4) is 12.1 Å². The van der Waals surface area contributed by atoms with E-state index in [-0.39, 0.29) is 6.01 Å². The molecule has 4 aromatic rings. The highest BCUT2D eigenvalue weighted by molar-refractivity contribution is 7.18. The fraction of sp³-hybridized carbons (Fsp3) is 0.320. The van der Waals surface area contributed by atoms with Crippen molar-refractivity contribution in [3.63, 3.8) is 0 Å². The lowest BCUT2D eigenvalue weighted by Gasteiger charge is -2.32. The summed E-state index contributed by atoms with van der Waals surface area (Å²) in [4.78, 5) is 23.2. The molecule has 0 saturated carbocycles. The monoisotopic (exact) mass is 471 g/mol. The lowest BCUT2D eigenvalue weighted by atomic mass is 10.1. The number of rotatable bonds is 7. The van der Waals surface area contributed by atoms with Gasteiger partial charge >= 0.3 is 6.01 Å². The summed E-state index contributed by atoms with van der Waals surface area (Å²) < 4.78 is 5.85. The number of likely N-dealkylation sites (N-methyl/N-ethyl adjacent to an activating group) is 1. The predicted molar refractivity (Wildman–Crippen MR) is 130 cm³/mol. The van der Waals surface area contributed by atoms with Crippen LogP contribution in [0.15, 0.2) is 54.9 Å².